The lowest BCUT2D eigenvalue weighted by Crippen LogP contribution is -2.17. The zero-order valence-corrected chi connectivity index (χ0v) is 30.5. The van der Waals surface area contributed by atoms with Crippen LogP contribution in [-0.4, -0.2) is 0 Å². The number of benzene rings is 9. The van der Waals surface area contributed by atoms with Crippen molar-refractivity contribution in [3.63, 3.8) is 0 Å². The van der Waals surface area contributed by atoms with E-state index in [1.165, 1.54) is 93.3 Å². The zero-order valence-electron chi connectivity index (χ0n) is 30.5. The van der Waals surface area contributed by atoms with Gasteiger partial charge in [-0.05, 0) is 125 Å². The lowest BCUT2D eigenvalue weighted by atomic mass is 9.79. The van der Waals surface area contributed by atoms with Crippen molar-refractivity contribution in [3.05, 3.63) is 186 Å². The predicted molar refractivity (Wildman–Crippen MR) is 226 cm³/mol. The number of nitrogens with zero attached hydrogens (tertiary/aromatic N) is 1. The summed E-state index contributed by atoms with van der Waals surface area (Å²) < 4.78 is 0. The van der Waals surface area contributed by atoms with Gasteiger partial charge in [-0.1, -0.05) is 149 Å². The Hall–Kier alpha value is -6.18. The van der Waals surface area contributed by atoms with Gasteiger partial charge in [0.05, 0.1) is 5.69 Å². The van der Waals surface area contributed by atoms with Crippen molar-refractivity contribution in [2.45, 2.75) is 38.5 Å². The molecule has 0 aromatic heterocycles. The van der Waals surface area contributed by atoms with Crippen LogP contribution in [0.3, 0.4) is 0 Å². The van der Waals surface area contributed by atoms with Crippen LogP contribution in [0.25, 0.3) is 65.3 Å². The second kappa shape index (κ2) is 10.7. The van der Waals surface area contributed by atoms with E-state index in [-0.39, 0.29) is 10.8 Å². The molecular formula is C52H39N. The van der Waals surface area contributed by atoms with Crippen LogP contribution in [0, 0.1) is 0 Å². The minimum atomic E-state index is -0.179. The van der Waals surface area contributed by atoms with Gasteiger partial charge >= 0.3 is 0 Å². The van der Waals surface area contributed by atoms with Crippen LogP contribution in [0.15, 0.2) is 164 Å². The molecule has 0 atom stereocenters. The van der Waals surface area contributed by atoms with E-state index < -0.39 is 0 Å². The lowest BCUT2D eigenvalue weighted by molar-refractivity contribution is 0.667. The van der Waals surface area contributed by atoms with Crippen molar-refractivity contribution >= 4 is 60.2 Å². The maximum atomic E-state index is 2.50. The number of para-hydroxylation sites is 1. The third kappa shape index (κ3) is 4.14. The largest absolute Gasteiger partial charge is 0.310 e. The summed E-state index contributed by atoms with van der Waals surface area (Å²) in [5.41, 5.74) is 14.3. The molecule has 9 aromatic carbocycles. The summed E-state index contributed by atoms with van der Waals surface area (Å²) in [7, 11) is 0. The standard InChI is InChI=1S/C52H39N/c1-51(2)45-30-34-16-9-8-15-33(34)29-44(45)42-25-23-35-28-37(24-27-39(35)49(42)51)53(36-17-6-5-7-18-36)47-31-46-48(41-21-13-12-20-40(41)47)43-26-22-32-14-10-11-19-38(32)50(43)52(46,3)4/h5-31H,1-4H3. The molecule has 0 radical (unpaired) electrons. The number of hydrogen-bond donors (Lipinski definition) is 0. The average molecular weight is 678 g/mol. The van der Waals surface area contributed by atoms with E-state index >= 15 is 0 Å². The Morgan fingerprint density at radius 3 is 1.74 bits per heavy atom. The van der Waals surface area contributed by atoms with Crippen LogP contribution in [0.2, 0.25) is 0 Å². The van der Waals surface area contributed by atoms with Crippen molar-refractivity contribution in [3.8, 4) is 22.3 Å². The fourth-order valence-corrected chi connectivity index (χ4v) is 10.1. The predicted octanol–water partition coefficient (Wildman–Crippen LogP) is 14.4. The van der Waals surface area contributed by atoms with E-state index in [0.717, 1.165) is 11.4 Å². The van der Waals surface area contributed by atoms with Gasteiger partial charge in [0.2, 0.25) is 0 Å². The van der Waals surface area contributed by atoms with Crippen LogP contribution < -0.4 is 4.90 Å². The maximum absolute atomic E-state index is 2.50. The second-order valence-corrected chi connectivity index (χ2v) is 16.1. The van der Waals surface area contributed by atoms with Gasteiger partial charge in [-0.2, -0.15) is 0 Å². The normalized spacial score (nSPS) is 14.7. The summed E-state index contributed by atoms with van der Waals surface area (Å²) in [6.07, 6.45) is 0. The van der Waals surface area contributed by atoms with Gasteiger partial charge in [-0.25, -0.2) is 0 Å². The summed E-state index contributed by atoms with van der Waals surface area (Å²) in [4.78, 5) is 2.49. The average Bonchev–Trinajstić information content (AvgIpc) is 3.56. The second-order valence-electron chi connectivity index (χ2n) is 16.1. The molecule has 1 heteroatoms. The summed E-state index contributed by atoms with van der Waals surface area (Å²) in [6, 6.07) is 61.4. The summed E-state index contributed by atoms with van der Waals surface area (Å²) in [6.45, 7) is 9.62. The Bertz CT molecular complexity index is 3000. The van der Waals surface area contributed by atoms with Crippen molar-refractivity contribution in [2.75, 3.05) is 4.90 Å². The van der Waals surface area contributed by atoms with E-state index in [1.807, 2.05) is 0 Å². The molecule has 0 fully saturated rings. The highest BCUT2D eigenvalue weighted by molar-refractivity contribution is 6.12. The Labute approximate surface area is 310 Å². The molecule has 0 bridgehead atoms. The van der Waals surface area contributed by atoms with E-state index in [4.69, 9.17) is 0 Å². The van der Waals surface area contributed by atoms with E-state index in [0.29, 0.717) is 0 Å². The van der Waals surface area contributed by atoms with Crippen molar-refractivity contribution in [1.29, 1.82) is 0 Å². The number of anilines is 3. The zero-order chi connectivity index (χ0) is 35.6. The number of hydrogen-bond acceptors (Lipinski definition) is 1. The Morgan fingerprint density at radius 1 is 0.358 bits per heavy atom. The first-order valence-electron chi connectivity index (χ1n) is 18.9. The summed E-state index contributed by atoms with van der Waals surface area (Å²) >= 11 is 0. The number of rotatable bonds is 3. The highest BCUT2D eigenvalue weighted by atomic mass is 15.1. The molecule has 252 valence electrons. The summed E-state index contributed by atoms with van der Waals surface area (Å²) in [5, 5.41) is 10.4. The molecule has 0 saturated carbocycles. The molecule has 0 aliphatic heterocycles. The molecule has 9 aromatic rings. The van der Waals surface area contributed by atoms with Crippen molar-refractivity contribution in [2.24, 2.45) is 0 Å². The highest BCUT2D eigenvalue weighted by Crippen LogP contribution is 2.57. The Kier molecular flexibility index (Phi) is 6.14. The first kappa shape index (κ1) is 30.4. The molecule has 0 N–H and O–H groups in total. The monoisotopic (exact) mass is 677 g/mol. The smallest absolute Gasteiger partial charge is 0.0543 e. The van der Waals surface area contributed by atoms with Crippen LogP contribution in [0.4, 0.5) is 17.1 Å². The van der Waals surface area contributed by atoms with E-state index in [1.54, 1.807) is 0 Å². The Balaban J connectivity index is 1.14. The minimum absolute atomic E-state index is 0.115. The third-order valence-electron chi connectivity index (χ3n) is 12.5. The molecule has 0 heterocycles. The molecule has 0 saturated heterocycles. The lowest BCUT2D eigenvalue weighted by Gasteiger charge is -2.30. The van der Waals surface area contributed by atoms with Crippen molar-refractivity contribution < 1.29 is 0 Å². The molecule has 0 amide bonds. The molecule has 0 spiro atoms. The quantitative estimate of drug-likeness (QED) is 0.180. The first-order valence-corrected chi connectivity index (χ1v) is 18.9. The molecule has 2 aliphatic rings. The molecule has 1 nitrogen and oxygen atoms in total. The van der Waals surface area contributed by atoms with Crippen molar-refractivity contribution in [1.82, 2.24) is 0 Å². The third-order valence-corrected chi connectivity index (χ3v) is 12.5. The molecule has 11 rings (SSSR count). The fourth-order valence-electron chi connectivity index (χ4n) is 10.1. The van der Waals surface area contributed by atoms with Gasteiger partial charge < -0.3 is 4.90 Å². The van der Waals surface area contributed by atoms with Gasteiger partial charge in [-0.3, -0.25) is 0 Å². The minimum Gasteiger partial charge on any atom is -0.310 e. The fraction of sp³-hybridized carbons (Fsp3) is 0.115. The van der Waals surface area contributed by atoms with E-state index in [2.05, 4.69) is 196 Å². The molecule has 2 aliphatic carbocycles. The van der Waals surface area contributed by atoms with Gasteiger partial charge in [-0.15, -0.1) is 0 Å². The van der Waals surface area contributed by atoms with Crippen LogP contribution in [0.5, 0.6) is 0 Å². The van der Waals surface area contributed by atoms with Gasteiger partial charge in [0.25, 0.3) is 0 Å². The topological polar surface area (TPSA) is 3.24 Å². The maximum Gasteiger partial charge on any atom is 0.0543 e. The van der Waals surface area contributed by atoms with Gasteiger partial charge in [0.15, 0.2) is 0 Å². The first-order chi connectivity index (χ1) is 25.8. The van der Waals surface area contributed by atoms with Crippen LogP contribution in [-0.2, 0) is 10.8 Å². The van der Waals surface area contributed by atoms with Crippen LogP contribution >= 0.6 is 0 Å². The highest BCUT2D eigenvalue weighted by Gasteiger charge is 2.40. The molecule has 0 unspecified atom stereocenters. The molecule has 53 heavy (non-hydrogen) atoms. The van der Waals surface area contributed by atoms with Crippen LogP contribution in [0.1, 0.15) is 49.9 Å². The molecular weight excluding hydrogens is 639 g/mol. The SMILES string of the molecule is CC1(C)c2cc3ccccc3cc2-c2ccc3cc(N(c4ccccc4)c4cc5c(c6ccccc46)-c4ccc6ccccc6c4C5(C)C)ccc3c21. The Morgan fingerprint density at radius 2 is 0.943 bits per heavy atom. The number of fused-ring (bicyclic) bond motifs is 13. The van der Waals surface area contributed by atoms with Gasteiger partial charge in [0, 0.05) is 27.6 Å². The van der Waals surface area contributed by atoms with E-state index in [9.17, 15) is 0 Å². The summed E-state index contributed by atoms with van der Waals surface area (Å²) in [5.74, 6) is 0. The van der Waals surface area contributed by atoms with Gasteiger partial charge in [0.1, 0.15) is 0 Å².